The van der Waals surface area contributed by atoms with Gasteiger partial charge in [-0.05, 0) is 60.2 Å². The topological polar surface area (TPSA) is 20.2 Å². The molecule has 0 bridgehead atoms. The molecule has 1 N–H and O–H groups in total. The minimum atomic E-state index is -0.293. The van der Waals surface area contributed by atoms with Gasteiger partial charge in [-0.15, -0.1) is 11.3 Å². The summed E-state index contributed by atoms with van der Waals surface area (Å²) in [6.45, 7) is 2.09. The fraction of sp³-hybridized carbons (Fsp3) is 0.375. The third-order valence-corrected chi connectivity index (χ3v) is 5.09. The van der Waals surface area contributed by atoms with Crippen LogP contribution in [0.2, 0.25) is 0 Å². The summed E-state index contributed by atoms with van der Waals surface area (Å²) in [7, 11) is 0. The molecule has 1 nitrogen and oxygen atoms in total. The summed E-state index contributed by atoms with van der Waals surface area (Å²) in [5.74, 6) is 0.372. The van der Waals surface area contributed by atoms with Crippen LogP contribution < -0.4 is 0 Å². The van der Waals surface area contributed by atoms with Crippen molar-refractivity contribution in [2.24, 2.45) is 5.92 Å². The van der Waals surface area contributed by atoms with E-state index in [0.717, 1.165) is 24.1 Å². The average Bonchev–Trinajstić information content (AvgIpc) is 2.83. The van der Waals surface area contributed by atoms with Gasteiger partial charge in [0.05, 0.1) is 6.10 Å². The molecule has 94 valence electrons. The van der Waals surface area contributed by atoms with Gasteiger partial charge in [0.15, 0.2) is 0 Å². The lowest BCUT2D eigenvalue weighted by molar-refractivity contribution is 0.102. The molecule has 0 fully saturated rings. The molecule has 0 radical (unpaired) electrons. The van der Waals surface area contributed by atoms with Gasteiger partial charge in [0.2, 0.25) is 0 Å². The first-order valence-corrected chi connectivity index (χ1v) is 7.42. The van der Waals surface area contributed by atoms with Crippen molar-refractivity contribution in [2.45, 2.75) is 32.3 Å². The number of hydrogen-bond donors (Lipinski definition) is 1. The molecule has 18 heavy (non-hydrogen) atoms. The van der Waals surface area contributed by atoms with E-state index >= 15 is 0 Å². The average molecular weight is 258 g/mol. The molecule has 2 atom stereocenters. The molecule has 1 aliphatic carbocycles. The standard InChI is InChI=1S/C16H18OS/c1-11-8-9-18-16(11)15(17)14-7-6-12-4-2-3-5-13(12)10-14/h2-5,8-9,14-15,17H,6-7,10H2,1H3. The molecular formula is C16H18OS. The number of benzene rings is 1. The third-order valence-electron chi connectivity index (χ3n) is 4.00. The lowest BCUT2D eigenvalue weighted by Crippen LogP contribution is -2.20. The lowest BCUT2D eigenvalue weighted by atomic mass is 9.80. The van der Waals surface area contributed by atoms with Crippen molar-refractivity contribution in [3.8, 4) is 0 Å². The largest absolute Gasteiger partial charge is 0.387 e. The first-order valence-electron chi connectivity index (χ1n) is 6.54. The number of fused-ring (bicyclic) bond motifs is 1. The quantitative estimate of drug-likeness (QED) is 0.866. The van der Waals surface area contributed by atoms with Gasteiger partial charge in [0.1, 0.15) is 0 Å². The molecule has 2 heteroatoms. The van der Waals surface area contributed by atoms with Gasteiger partial charge in [-0.2, -0.15) is 0 Å². The smallest absolute Gasteiger partial charge is 0.0915 e. The van der Waals surface area contributed by atoms with Gasteiger partial charge in [-0.3, -0.25) is 0 Å². The Hall–Kier alpha value is -1.12. The molecule has 0 amide bonds. The SMILES string of the molecule is Cc1ccsc1C(O)C1CCc2ccccc2C1. The minimum Gasteiger partial charge on any atom is -0.387 e. The van der Waals surface area contributed by atoms with E-state index in [1.807, 2.05) is 0 Å². The third kappa shape index (κ3) is 2.11. The molecule has 0 saturated heterocycles. The number of aliphatic hydroxyl groups excluding tert-OH is 1. The summed E-state index contributed by atoms with van der Waals surface area (Å²) < 4.78 is 0. The van der Waals surface area contributed by atoms with Crippen molar-refractivity contribution >= 4 is 11.3 Å². The zero-order valence-corrected chi connectivity index (χ0v) is 11.4. The lowest BCUT2D eigenvalue weighted by Gasteiger charge is -2.28. The number of rotatable bonds is 2. The van der Waals surface area contributed by atoms with Gasteiger partial charge in [-0.25, -0.2) is 0 Å². The highest BCUT2D eigenvalue weighted by molar-refractivity contribution is 7.10. The van der Waals surface area contributed by atoms with Crippen molar-refractivity contribution in [3.63, 3.8) is 0 Å². The van der Waals surface area contributed by atoms with Crippen molar-refractivity contribution in [1.29, 1.82) is 0 Å². The van der Waals surface area contributed by atoms with Crippen LogP contribution in [0.25, 0.3) is 0 Å². The predicted octanol–water partition coefficient (Wildman–Crippen LogP) is 3.90. The Morgan fingerprint density at radius 3 is 2.72 bits per heavy atom. The summed E-state index contributed by atoms with van der Waals surface area (Å²) in [6.07, 6.45) is 2.91. The second-order valence-corrected chi connectivity index (χ2v) is 6.13. The van der Waals surface area contributed by atoms with Crippen LogP contribution in [-0.4, -0.2) is 5.11 Å². The molecule has 2 unspecified atom stereocenters. The van der Waals surface area contributed by atoms with Gasteiger partial charge in [0, 0.05) is 4.88 Å². The van der Waals surface area contributed by atoms with E-state index in [2.05, 4.69) is 42.6 Å². The van der Waals surface area contributed by atoms with Crippen LogP contribution >= 0.6 is 11.3 Å². The molecule has 0 spiro atoms. The van der Waals surface area contributed by atoms with Crippen molar-refractivity contribution in [2.75, 3.05) is 0 Å². The second-order valence-electron chi connectivity index (χ2n) is 5.18. The molecule has 1 aromatic carbocycles. The minimum absolute atomic E-state index is 0.293. The summed E-state index contributed by atoms with van der Waals surface area (Å²) in [5, 5.41) is 12.6. The van der Waals surface area contributed by atoms with E-state index in [9.17, 15) is 5.11 Å². The van der Waals surface area contributed by atoms with Gasteiger partial charge in [-0.1, -0.05) is 24.3 Å². The Morgan fingerprint density at radius 1 is 1.22 bits per heavy atom. The molecule has 3 rings (SSSR count). The van der Waals surface area contributed by atoms with Crippen LogP contribution in [0, 0.1) is 12.8 Å². The van der Waals surface area contributed by atoms with E-state index in [1.54, 1.807) is 11.3 Å². The van der Waals surface area contributed by atoms with E-state index < -0.39 is 0 Å². The van der Waals surface area contributed by atoms with Crippen LogP contribution in [-0.2, 0) is 12.8 Å². The fourth-order valence-corrected chi connectivity index (χ4v) is 3.90. The van der Waals surface area contributed by atoms with E-state index in [1.165, 1.54) is 16.7 Å². The number of thiophene rings is 1. The monoisotopic (exact) mass is 258 g/mol. The molecule has 1 heterocycles. The number of aryl methyl sites for hydroxylation is 2. The van der Waals surface area contributed by atoms with Gasteiger partial charge in [0.25, 0.3) is 0 Å². The normalized spacial score (nSPS) is 20.4. The predicted molar refractivity (Wildman–Crippen MR) is 76.0 cm³/mol. The van der Waals surface area contributed by atoms with Crippen LogP contribution in [0.1, 0.15) is 34.1 Å². The van der Waals surface area contributed by atoms with Gasteiger partial charge >= 0.3 is 0 Å². The van der Waals surface area contributed by atoms with E-state index in [-0.39, 0.29) is 6.10 Å². The first-order chi connectivity index (χ1) is 8.75. The Bertz CT molecular complexity index is 544. The molecular weight excluding hydrogens is 240 g/mol. The molecule has 1 aromatic heterocycles. The van der Waals surface area contributed by atoms with Crippen molar-refractivity contribution in [1.82, 2.24) is 0 Å². The molecule has 0 aliphatic heterocycles. The van der Waals surface area contributed by atoms with E-state index in [0.29, 0.717) is 5.92 Å². The molecule has 1 aliphatic rings. The maximum absolute atomic E-state index is 10.6. The summed E-state index contributed by atoms with van der Waals surface area (Å²) in [6, 6.07) is 10.7. The Balaban J connectivity index is 1.82. The molecule has 0 saturated carbocycles. The fourth-order valence-electron chi connectivity index (χ4n) is 2.90. The highest BCUT2D eigenvalue weighted by atomic mass is 32.1. The Labute approximate surface area is 112 Å². The summed E-state index contributed by atoms with van der Waals surface area (Å²) >= 11 is 1.68. The van der Waals surface area contributed by atoms with Crippen molar-refractivity contribution < 1.29 is 5.11 Å². The Kier molecular flexibility index (Phi) is 3.23. The van der Waals surface area contributed by atoms with E-state index in [4.69, 9.17) is 0 Å². The summed E-state index contributed by atoms with van der Waals surface area (Å²) in [4.78, 5) is 1.15. The van der Waals surface area contributed by atoms with Crippen LogP contribution in [0.5, 0.6) is 0 Å². The second kappa shape index (κ2) is 4.87. The zero-order chi connectivity index (χ0) is 12.5. The van der Waals surface area contributed by atoms with Crippen LogP contribution in [0.15, 0.2) is 35.7 Å². The van der Waals surface area contributed by atoms with Crippen LogP contribution in [0.3, 0.4) is 0 Å². The highest BCUT2D eigenvalue weighted by Gasteiger charge is 2.27. The maximum atomic E-state index is 10.6. The summed E-state index contributed by atoms with van der Waals surface area (Å²) in [5.41, 5.74) is 4.11. The first kappa shape index (κ1) is 11.9. The van der Waals surface area contributed by atoms with Crippen molar-refractivity contribution in [3.05, 3.63) is 57.3 Å². The zero-order valence-electron chi connectivity index (χ0n) is 10.6. The highest BCUT2D eigenvalue weighted by Crippen LogP contribution is 2.37. The Morgan fingerprint density at radius 2 is 2.00 bits per heavy atom. The number of aliphatic hydroxyl groups is 1. The van der Waals surface area contributed by atoms with Gasteiger partial charge < -0.3 is 5.11 Å². The van der Waals surface area contributed by atoms with Crippen LogP contribution in [0.4, 0.5) is 0 Å². The molecule has 2 aromatic rings. The maximum Gasteiger partial charge on any atom is 0.0915 e. The number of hydrogen-bond acceptors (Lipinski definition) is 2.